The molecule has 8 heteroatoms. The Hall–Kier alpha value is -0.720. The van der Waals surface area contributed by atoms with Crippen LogP contribution in [0.4, 0.5) is 0 Å². The van der Waals surface area contributed by atoms with E-state index in [1.807, 2.05) is 0 Å². The number of ether oxygens (including phenoxy) is 1. The number of carbonyl (C=O) groups excluding carboxylic acids is 1. The quantitative estimate of drug-likeness (QED) is 0.126. The normalized spacial score (nSPS) is 14.8. The highest BCUT2D eigenvalue weighted by Gasteiger charge is 2.12. The third-order valence-electron chi connectivity index (χ3n) is 4.51. The second-order valence-corrected chi connectivity index (χ2v) is 8.63. The molecule has 7 nitrogen and oxygen atoms in total. The molecule has 0 amide bonds. The lowest BCUT2D eigenvalue weighted by Crippen LogP contribution is -2.24. The number of rotatable bonds is 20. The molecule has 0 aromatic heterocycles. The van der Waals surface area contributed by atoms with Crippen molar-refractivity contribution in [1.29, 1.82) is 0 Å². The minimum atomic E-state index is -4.87. The molecule has 0 heterocycles. The summed E-state index contributed by atoms with van der Waals surface area (Å²) < 4.78 is 19.2. The van der Waals surface area contributed by atoms with Gasteiger partial charge in [-0.3, -0.25) is 9.36 Å². The molecule has 0 bridgehead atoms. The van der Waals surface area contributed by atoms with Gasteiger partial charge in [0.2, 0.25) is 0 Å². The molecule has 0 aliphatic heterocycles. The van der Waals surface area contributed by atoms with Crippen molar-refractivity contribution in [2.24, 2.45) is 0 Å². The molecule has 0 saturated carbocycles. The molecule has 0 spiro atoms. The minimum Gasteiger partial charge on any atom is -0.756 e. The average Bonchev–Trinajstić information content (AvgIpc) is 2.67. The highest BCUT2D eigenvalue weighted by Crippen LogP contribution is 2.30. The SMILES string of the molecule is CCCCCCCC/C=C\CCCCCCCC(=O)OC[C@@H](O)COP(=O)([O-])O. The van der Waals surface area contributed by atoms with Crippen molar-refractivity contribution in [3.63, 3.8) is 0 Å². The Morgan fingerprint density at radius 1 is 0.931 bits per heavy atom. The highest BCUT2D eigenvalue weighted by atomic mass is 31.2. The maximum atomic E-state index is 11.5. The van der Waals surface area contributed by atoms with Gasteiger partial charge < -0.3 is 24.2 Å². The van der Waals surface area contributed by atoms with E-state index in [4.69, 9.17) is 9.63 Å². The van der Waals surface area contributed by atoms with Gasteiger partial charge in [-0.25, -0.2) is 0 Å². The van der Waals surface area contributed by atoms with Crippen molar-refractivity contribution in [3.05, 3.63) is 12.2 Å². The van der Waals surface area contributed by atoms with Crippen molar-refractivity contribution in [3.8, 4) is 0 Å². The first-order chi connectivity index (χ1) is 13.8. The van der Waals surface area contributed by atoms with E-state index in [-0.39, 0.29) is 13.0 Å². The van der Waals surface area contributed by atoms with E-state index in [0.717, 1.165) is 38.5 Å². The number of unbranched alkanes of at least 4 members (excludes halogenated alkanes) is 11. The fraction of sp³-hybridized carbons (Fsp3) is 0.857. The van der Waals surface area contributed by atoms with Crippen LogP contribution in [0, 0.1) is 0 Å². The summed E-state index contributed by atoms with van der Waals surface area (Å²) in [5.74, 6) is -0.434. The van der Waals surface area contributed by atoms with Crippen LogP contribution in [-0.2, 0) is 18.6 Å². The van der Waals surface area contributed by atoms with Gasteiger partial charge in [0.15, 0.2) is 0 Å². The monoisotopic (exact) mass is 435 g/mol. The Bertz CT molecular complexity index is 462. The van der Waals surface area contributed by atoms with E-state index in [0.29, 0.717) is 0 Å². The van der Waals surface area contributed by atoms with Gasteiger partial charge in [0.25, 0.3) is 7.82 Å². The predicted molar refractivity (Wildman–Crippen MR) is 112 cm³/mol. The molecule has 172 valence electrons. The topological polar surface area (TPSA) is 116 Å². The Kier molecular flexibility index (Phi) is 18.8. The number of aliphatic hydroxyl groups is 1. The summed E-state index contributed by atoms with van der Waals surface area (Å²) in [7, 11) is -4.87. The van der Waals surface area contributed by atoms with Crippen molar-refractivity contribution in [2.45, 2.75) is 103 Å². The Labute approximate surface area is 176 Å². The lowest BCUT2D eigenvalue weighted by molar-refractivity contribution is -0.222. The maximum Gasteiger partial charge on any atom is 0.305 e. The molecule has 0 fully saturated rings. The molecule has 1 unspecified atom stereocenters. The van der Waals surface area contributed by atoms with Crippen molar-refractivity contribution in [2.75, 3.05) is 13.2 Å². The van der Waals surface area contributed by atoms with E-state index in [2.05, 4.69) is 23.6 Å². The molecule has 29 heavy (non-hydrogen) atoms. The van der Waals surface area contributed by atoms with Crippen molar-refractivity contribution < 1.29 is 33.5 Å². The summed E-state index contributed by atoms with van der Waals surface area (Å²) in [5.41, 5.74) is 0. The summed E-state index contributed by atoms with van der Waals surface area (Å²) in [5, 5.41) is 9.39. The Morgan fingerprint density at radius 2 is 1.45 bits per heavy atom. The number of hydrogen-bond acceptors (Lipinski definition) is 6. The highest BCUT2D eigenvalue weighted by molar-refractivity contribution is 7.44. The molecule has 0 radical (unpaired) electrons. The molecule has 0 rings (SSSR count). The average molecular weight is 436 g/mol. The third-order valence-corrected chi connectivity index (χ3v) is 4.98. The van der Waals surface area contributed by atoms with Gasteiger partial charge in [0.1, 0.15) is 12.7 Å². The van der Waals surface area contributed by atoms with Gasteiger partial charge in [0.05, 0.1) is 6.61 Å². The largest absolute Gasteiger partial charge is 0.756 e. The molecule has 0 aromatic carbocycles. The number of allylic oxidation sites excluding steroid dienone is 2. The van der Waals surface area contributed by atoms with Crippen molar-refractivity contribution in [1.82, 2.24) is 0 Å². The first-order valence-electron chi connectivity index (χ1n) is 11.0. The van der Waals surface area contributed by atoms with Crippen LogP contribution in [0.25, 0.3) is 0 Å². The zero-order chi connectivity index (χ0) is 21.8. The molecular weight excluding hydrogens is 395 g/mol. The van der Waals surface area contributed by atoms with Gasteiger partial charge in [-0.2, -0.15) is 0 Å². The van der Waals surface area contributed by atoms with Gasteiger partial charge in [-0.1, -0.05) is 70.4 Å². The second-order valence-electron chi connectivity index (χ2n) is 7.44. The summed E-state index contributed by atoms with van der Waals surface area (Å²) in [6, 6.07) is 0. The van der Waals surface area contributed by atoms with Crippen LogP contribution < -0.4 is 4.89 Å². The molecule has 2 N–H and O–H groups in total. The Balaban J connectivity index is 3.38. The van der Waals surface area contributed by atoms with Crippen LogP contribution in [0.5, 0.6) is 0 Å². The van der Waals surface area contributed by atoms with Crippen LogP contribution in [-0.4, -0.2) is 35.3 Å². The summed E-state index contributed by atoms with van der Waals surface area (Å²) in [6.07, 6.45) is 18.9. The summed E-state index contributed by atoms with van der Waals surface area (Å²) in [6.45, 7) is 1.24. The van der Waals surface area contributed by atoms with E-state index < -0.39 is 26.5 Å². The predicted octanol–water partition coefficient (Wildman–Crippen LogP) is 4.41. The molecule has 0 saturated heterocycles. The van der Waals surface area contributed by atoms with Crippen LogP contribution in [0.2, 0.25) is 0 Å². The first kappa shape index (κ1) is 28.3. The molecule has 0 aromatic rings. The molecule has 0 aliphatic carbocycles. The standard InChI is InChI=1S/C21H41O7P/c1-2-3-4-5-6-7-8-9-10-11-12-13-14-15-16-17-21(23)27-18-20(22)19-28-29(24,25)26/h9-10,20,22H,2-8,11-19H2,1H3,(H2,24,25,26)/p-1/b10-9-/t20-/m1/s1. The number of hydrogen-bond donors (Lipinski definition) is 2. The zero-order valence-electron chi connectivity index (χ0n) is 17.9. The summed E-state index contributed by atoms with van der Waals surface area (Å²) in [4.78, 5) is 30.3. The van der Waals surface area contributed by atoms with E-state index in [9.17, 15) is 19.4 Å². The van der Waals surface area contributed by atoms with Crippen LogP contribution in [0.3, 0.4) is 0 Å². The van der Waals surface area contributed by atoms with Crippen LogP contribution >= 0.6 is 7.82 Å². The smallest absolute Gasteiger partial charge is 0.305 e. The maximum absolute atomic E-state index is 11.5. The third kappa shape index (κ3) is 23.4. The second kappa shape index (κ2) is 19.3. The van der Waals surface area contributed by atoms with Crippen molar-refractivity contribution >= 4 is 13.8 Å². The summed E-state index contributed by atoms with van der Waals surface area (Å²) >= 11 is 0. The lowest BCUT2D eigenvalue weighted by atomic mass is 10.1. The number of esters is 1. The molecule has 2 atom stereocenters. The van der Waals surface area contributed by atoms with Gasteiger partial charge in [0, 0.05) is 6.42 Å². The lowest BCUT2D eigenvalue weighted by Gasteiger charge is -2.18. The number of carbonyl (C=O) groups is 1. The van der Waals surface area contributed by atoms with Gasteiger partial charge in [-0.15, -0.1) is 0 Å². The first-order valence-corrected chi connectivity index (χ1v) is 12.5. The number of phosphoric acid groups is 1. The van der Waals surface area contributed by atoms with E-state index in [1.165, 1.54) is 44.9 Å². The fourth-order valence-electron chi connectivity index (χ4n) is 2.83. The zero-order valence-corrected chi connectivity index (χ0v) is 18.8. The number of phosphoric ester groups is 1. The van der Waals surface area contributed by atoms with Gasteiger partial charge >= 0.3 is 5.97 Å². The van der Waals surface area contributed by atoms with E-state index >= 15 is 0 Å². The number of aliphatic hydroxyl groups excluding tert-OH is 1. The van der Waals surface area contributed by atoms with Crippen LogP contribution in [0.15, 0.2) is 12.2 Å². The van der Waals surface area contributed by atoms with E-state index in [1.54, 1.807) is 0 Å². The molecular formula is C21H40O7P-. The fourth-order valence-corrected chi connectivity index (χ4v) is 3.19. The molecule has 0 aliphatic rings. The Morgan fingerprint density at radius 3 is 2.00 bits per heavy atom. The van der Waals surface area contributed by atoms with Crippen LogP contribution in [0.1, 0.15) is 96.8 Å². The van der Waals surface area contributed by atoms with Gasteiger partial charge in [-0.05, 0) is 32.1 Å². The minimum absolute atomic E-state index is 0.270.